The maximum atomic E-state index is 11.9. The van der Waals surface area contributed by atoms with Crippen LogP contribution < -0.4 is 5.32 Å². The van der Waals surface area contributed by atoms with Crippen LogP contribution in [0.25, 0.3) is 0 Å². The fourth-order valence-corrected chi connectivity index (χ4v) is 1.82. The Labute approximate surface area is 116 Å². The Balaban J connectivity index is 2.14. The SMILES string of the molecule is CN(C)C(=O)c1cc(NCc2ccn[nH]2)ccc1Cl. The minimum absolute atomic E-state index is 0.116. The maximum Gasteiger partial charge on any atom is 0.254 e. The molecule has 0 saturated carbocycles. The van der Waals surface area contributed by atoms with Crippen LogP contribution in [0.5, 0.6) is 0 Å². The van der Waals surface area contributed by atoms with Crippen LogP contribution in [-0.2, 0) is 6.54 Å². The first-order chi connectivity index (χ1) is 9.08. The lowest BCUT2D eigenvalue weighted by Crippen LogP contribution is -2.22. The third-order valence-corrected chi connectivity index (χ3v) is 2.97. The van der Waals surface area contributed by atoms with Gasteiger partial charge in [0.25, 0.3) is 5.91 Å². The van der Waals surface area contributed by atoms with E-state index in [4.69, 9.17) is 11.6 Å². The van der Waals surface area contributed by atoms with Crippen LogP contribution in [0.2, 0.25) is 5.02 Å². The number of aromatic nitrogens is 2. The smallest absolute Gasteiger partial charge is 0.254 e. The van der Waals surface area contributed by atoms with Gasteiger partial charge in [0, 0.05) is 26.0 Å². The molecule has 0 spiro atoms. The van der Waals surface area contributed by atoms with Crippen molar-refractivity contribution >= 4 is 23.2 Å². The zero-order valence-corrected chi connectivity index (χ0v) is 11.5. The van der Waals surface area contributed by atoms with Gasteiger partial charge < -0.3 is 10.2 Å². The molecule has 1 heterocycles. The molecule has 0 aliphatic heterocycles. The molecule has 0 fully saturated rings. The fraction of sp³-hybridized carbons (Fsp3) is 0.231. The lowest BCUT2D eigenvalue weighted by molar-refractivity contribution is 0.0828. The number of hydrogen-bond donors (Lipinski definition) is 2. The number of amides is 1. The van der Waals surface area contributed by atoms with Crippen molar-refractivity contribution in [3.8, 4) is 0 Å². The minimum Gasteiger partial charge on any atom is -0.379 e. The number of nitrogens with one attached hydrogen (secondary N) is 2. The number of hydrogen-bond acceptors (Lipinski definition) is 3. The summed E-state index contributed by atoms with van der Waals surface area (Å²) in [7, 11) is 3.40. The van der Waals surface area contributed by atoms with Crippen molar-refractivity contribution in [1.29, 1.82) is 0 Å². The van der Waals surface area contributed by atoms with Gasteiger partial charge in [0.05, 0.1) is 22.8 Å². The van der Waals surface area contributed by atoms with Gasteiger partial charge in [0.1, 0.15) is 0 Å². The molecule has 1 amide bonds. The van der Waals surface area contributed by atoms with E-state index < -0.39 is 0 Å². The molecule has 2 N–H and O–H groups in total. The number of anilines is 1. The van der Waals surface area contributed by atoms with Gasteiger partial charge in [-0.25, -0.2) is 0 Å². The average molecular weight is 279 g/mol. The first-order valence-electron chi connectivity index (χ1n) is 5.81. The van der Waals surface area contributed by atoms with E-state index in [1.54, 1.807) is 32.4 Å². The molecule has 2 rings (SSSR count). The van der Waals surface area contributed by atoms with Crippen LogP contribution >= 0.6 is 11.6 Å². The van der Waals surface area contributed by atoms with Crippen molar-refractivity contribution in [1.82, 2.24) is 15.1 Å². The number of rotatable bonds is 4. The van der Waals surface area contributed by atoms with E-state index in [2.05, 4.69) is 15.5 Å². The summed E-state index contributed by atoms with van der Waals surface area (Å²) in [5.74, 6) is -0.116. The van der Waals surface area contributed by atoms with Crippen molar-refractivity contribution in [2.75, 3.05) is 19.4 Å². The van der Waals surface area contributed by atoms with Crippen molar-refractivity contribution < 1.29 is 4.79 Å². The number of H-pyrrole nitrogens is 1. The normalized spacial score (nSPS) is 10.3. The van der Waals surface area contributed by atoms with E-state index in [0.717, 1.165) is 11.4 Å². The molecule has 0 aliphatic rings. The second-order valence-electron chi connectivity index (χ2n) is 4.33. The number of benzene rings is 1. The van der Waals surface area contributed by atoms with Crippen molar-refractivity contribution in [2.45, 2.75) is 6.54 Å². The van der Waals surface area contributed by atoms with Gasteiger partial charge in [0.15, 0.2) is 0 Å². The van der Waals surface area contributed by atoms with Crippen LogP contribution in [0.1, 0.15) is 16.1 Å². The van der Waals surface area contributed by atoms with E-state index in [9.17, 15) is 4.79 Å². The number of carbonyl (C=O) groups is 1. The highest BCUT2D eigenvalue weighted by atomic mass is 35.5. The average Bonchev–Trinajstić information content (AvgIpc) is 2.90. The second kappa shape index (κ2) is 5.75. The number of carbonyl (C=O) groups excluding carboxylic acids is 1. The van der Waals surface area contributed by atoms with E-state index in [1.807, 2.05) is 12.1 Å². The van der Waals surface area contributed by atoms with Gasteiger partial charge in [-0.15, -0.1) is 0 Å². The Morgan fingerprint density at radius 1 is 1.42 bits per heavy atom. The van der Waals surface area contributed by atoms with E-state index in [1.165, 1.54) is 4.90 Å². The quantitative estimate of drug-likeness (QED) is 0.903. The molecule has 0 saturated heterocycles. The number of nitrogens with zero attached hydrogens (tertiary/aromatic N) is 2. The molecule has 0 bridgehead atoms. The van der Waals surface area contributed by atoms with Crippen molar-refractivity contribution in [3.05, 3.63) is 46.7 Å². The van der Waals surface area contributed by atoms with Gasteiger partial charge in [-0.1, -0.05) is 11.6 Å². The molecule has 19 heavy (non-hydrogen) atoms. The zero-order chi connectivity index (χ0) is 13.8. The third kappa shape index (κ3) is 3.26. The largest absolute Gasteiger partial charge is 0.379 e. The summed E-state index contributed by atoms with van der Waals surface area (Å²) < 4.78 is 0. The Bertz CT molecular complexity index is 566. The zero-order valence-electron chi connectivity index (χ0n) is 10.8. The predicted molar refractivity (Wildman–Crippen MR) is 75.4 cm³/mol. The third-order valence-electron chi connectivity index (χ3n) is 2.64. The molecule has 1 aromatic carbocycles. The number of aromatic amines is 1. The second-order valence-corrected chi connectivity index (χ2v) is 4.74. The lowest BCUT2D eigenvalue weighted by Gasteiger charge is -2.13. The molecular formula is C13H15ClN4O. The van der Waals surface area contributed by atoms with Crippen LogP contribution in [0.3, 0.4) is 0 Å². The molecule has 0 aliphatic carbocycles. The summed E-state index contributed by atoms with van der Waals surface area (Å²) in [6, 6.07) is 7.19. The molecule has 6 heteroatoms. The van der Waals surface area contributed by atoms with Crippen LogP contribution in [0.15, 0.2) is 30.5 Å². The van der Waals surface area contributed by atoms with Gasteiger partial charge >= 0.3 is 0 Å². The Hall–Kier alpha value is -2.01. The first-order valence-corrected chi connectivity index (χ1v) is 6.19. The monoisotopic (exact) mass is 278 g/mol. The highest BCUT2D eigenvalue weighted by Crippen LogP contribution is 2.22. The topological polar surface area (TPSA) is 61.0 Å². The van der Waals surface area contributed by atoms with E-state index in [-0.39, 0.29) is 5.91 Å². The van der Waals surface area contributed by atoms with Gasteiger partial charge in [-0.3, -0.25) is 9.89 Å². The Morgan fingerprint density at radius 2 is 2.21 bits per heavy atom. The molecule has 1 aromatic heterocycles. The number of halogens is 1. The summed E-state index contributed by atoms with van der Waals surface area (Å²) in [5, 5.41) is 10.4. The van der Waals surface area contributed by atoms with E-state index >= 15 is 0 Å². The molecular weight excluding hydrogens is 264 g/mol. The van der Waals surface area contributed by atoms with Crippen LogP contribution in [-0.4, -0.2) is 35.1 Å². The van der Waals surface area contributed by atoms with E-state index in [0.29, 0.717) is 17.1 Å². The summed E-state index contributed by atoms with van der Waals surface area (Å²) in [4.78, 5) is 13.4. The first kappa shape index (κ1) is 13.4. The van der Waals surface area contributed by atoms with Gasteiger partial charge in [-0.2, -0.15) is 5.10 Å². The van der Waals surface area contributed by atoms with Crippen molar-refractivity contribution in [2.24, 2.45) is 0 Å². The van der Waals surface area contributed by atoms with Gasteiger partial charge in [0.2, 0.25) is 0 Å². The van der Waals surface area contributed by atoms with Gasteiger partial charge in [-0.05, 0) is 24.3 Å². The molecule has 2 aromatic rings. The highest BCUT2D eigenvalue weighted by molar-refractivity contribution is 6.34. The lowest BCUT2D eigenvalue weighted by atomic mass is 10.1. The predicted octanol–water partition coefficient (Wildman–Crippen LogP) is 2.38. The Kier molecular flexibility index (Phi) is 4.06. The summed E-state index contributed by atoms with van der Waals surface area (Å²) in [6.45, 7) is 0.608. The summed E-state index contributed by atoms with van der Waals surface area (Å²) in [6.07, 6.45) is 1.69. The summed E-state index contributed by atoms with van der Waals surface area (Å²) in [5.41, 5.74) is 2.29. The molecule has 0 unspecified atom stereocenters. The minimum atomic E-state index is -0.116. The maximum absolute atomic E-state index is 11.9. The highest BCUT2D eigenvalue weighted by Gasteiger charge is 2.12. The fourth-order valence-electron chi connectivity index (χ4n) is 1.62. The van der Waals surface area contributed by atoms with Crippen LogP contribution in [0.4, 0.5) is 5.69 Å². The van der Waals surface area contributed by atoms with Crippen LogP contribution in [0, 0.1) is 0 Å². The molecule has 100 valence electrons. The molecule has 0 atom stereocenters. The Morgan fingerprint density at radius 3 is 2.84 bits per heavy atom. The molecule has 5 nitrogen and oxygen atoms in total. The standard InChI is InChI=1S/C13H15ClN4O/c1-18(2)13(19)11-7-9(3-4-12(11)14)15-8-10-5-6-16-17-10/h3-7,15H,8H2,1-2H3,(H,16,17). The summed E-state index contributed by atoms with van der Waals surface area (Å²) >= 11 is 6.04. The molecule has 0 radical (unpaired) electrons. The van der Waals surface area contributed by atoms with Crippen molar-refractivity contribution in [3.63, 3.8) is 0 Å².